The third kappa shape index (κ3) is 7.91. The number of ether oxygens (including phenoxy) is 2. The highest BCUT2D eigenvalue weighted by Gasteiger charge is 2.35. The van der Waals surface area contributed by atoms with E-state index in [4.69, 9.17) is 9.47 Å². The molecule has 1 aliphatic carbocycles. The molecule has 0 bridgehead atoms. The van der Waals surface area contributed by atoms with Gasteiger partial charge in [-0.1, -0.05) is 18.2 Å². The van der Waals surface area contributed by atoms with E-state index in [1.54, 1.807) is 59.6 Å². The molecule has 1 aliphatic heterocycles. The van der Waals surface area contributed by atoms with Gasteiger partial charge in [-0.15, -0.1) is 0 Å². The maximum absolute atomic E-state index is 13.1. The number of pyridine rings is 2. The first-order valence-electron chi connectivity index (χ1n) is 14.9. The molecule has 2 aromatic heterocycles. The van der Waals surface area contributed by atoms with Gasteiger partial charge in [0.05, 0.1) is 11.0 Å². The number of benzene rings is 2. The lowest BCUT2D eigenvalue weighted by Crippen LogP contribution is -2.42. The van der Waals surface area contributed by atoms with Crippen molar-refractivity contribution < 1.29 is 31.9 Å². The molecule has 6 rings (SSSR count). The fraction of sp³-hybridized carbons (Fsp3) is 0.294. The van der Waals surface area contributed by atoms with E-state index < -0.39 is 9.84 Å². The second kappa shape index (κ2) is 13.2. The number of Topliss-reactive ketones (excluding diaryl/α,β-unsaturated/α-hetero) is 1. The number of halogens is 1. The summed E-state index contributed by atoms with van der Waals surface area (Å²) in [7, 11) is -3.06. The zero-order valence-electron chi connectivity index (χ0n) is 24.5. The SMILES string of the molecule is O=C(Cc1ccc(Oc2ccc(F)cc2)nc1)c1ccc(C(=O)N2CCC(Oc3ccc(CS(=O)(=O)C4CC4)cc3)CC2)nc1. The first-order valence-corrected chi connectivity index (χ1v) is 16.6. The van der Waals surface area contributed by atoms with Crippen molar-refractivity contribution in [1.82, 2.24) is 14.9 Å². The standard InChI is InChI=1S/C34H32FN3O6S/c35-26-5-9-28(10-6-26)44-33-14-3-24(20-37-33)19-32(39)25-4-13-31(36-21-25)34(40)38-17-15-29(16-18-38)43-27-7-1-23(2-8-27)22-45(41,42)30-11-12-30/h1-10,13-14,20-21,29-30H,11-12,15-19,22H2. The van der Waals surface area contributed by atoms with Gasteiger partial charge in [0.1, 0.15) is 29.1 Å². The number of amides is 1. The van der Waals surface area contributed by atoms with Crippen LogP contribution >= 0.6 is 0 Å². The van der Waals surface area contributed by atoms with Crippen molar-refractivity contribution in [3.05, 3.63) is 113 Å². The lowest BCUT2D eigenvalue weighted by atomic mass is 10.0. The fourth-order valence-corrected chi connectivity index (χ4v) is 6.89. The molecule has 4 aromatic rings. The summed E-state index contributed by atoms with van der Waals surface area (Å²) in [5.41, 5.74) is 2.11. The van der Waals surface area contributed by atoms with Gasteiger partial charge in [0.25, 0.3) is 5.91 Å². The molecular formula is C34H32FN3O6S. The second-order valence-electron chi connectivity index (χ2n) is 11.4. The minimum Gasteiger partial charge on any atom is -0.490 e. The van der Waals surface area contributed by atoms with E-state index in [9.17, 15) is 22.4 Å². The number of carbonyl (C=O) groups excluding carboxylic acids is 2. The van der Waals surface area contributed by atoms with Crippen molar-refractivity contribution in [1.29, 1.82) is 0 Å². The Morgan fingerprint density at radius 3 is 2.11 bits per heavy atom. The van der Waals surface area contributed by atoms with Crippen LogP contribution in [-0.4, -0.2) is 59.4 Å². The van der Waals surface area contributed by atoms with Crippen LogP contribution in [0.25, 0.3) is 0 Å². The van der Waals surface area contributed by atoms with E-state index in [1.807, 2.05) is 0 Å². The molecule has 0 radical (unpaired) electrons. The van der Waals surface area contributed by atoms with Crippen molar-refractivity contribution in [2.45, 2.75) is 49.2 Å². The molecule has 0 N–H and O–H groups in total. The Balaban J connectivity index is 0.958. The van der Waals surface area contributed by atoms with Gasteiger partial charge in [-0.3, -0.25) is 14.6 Å². The lowest BCUT2D eigenvalue weighted by Gasteiger charge is -2.32. The van der Waals surface area contributed by atoms with Gasteiger partial charge in [-0.2, -0.15) is 0 Å². The van der Waals surface area contributed by atoms with Crippen LogP contribution in [0, 0.1) is 5.82 Å². The molecule has 1 saturated carbocycles. The number of carbonyl (C=O) groups is 2. The van der Waals surface area contributed by atoms with Crippen LogP contribution < -0.4 is 9.47 Å². The van der Waals surface area contributed by atoms with Crippen LogP contribution in [0.3, 0.4) is 0 Å². The van der Waals surface area contributed by atoms with Crippen LogP contribution in [0.4, 0.5) is 4.39 Å². The quantitative estimate of drug-likeness (QED) is 0.197. The van der Waals surface area contributed by atoms with Crippen LogP contribution in [-0.2, 0) is 22.0 Å². The number of hydrogen-bond acceptors (Lipinski definition) is 8. The summed E-state index contributed by atoms with van der Waals surface area (Å²) in [4.78, 5) is 36.1. The maximum Gasteiger partial charge on any atom is 0.272 e. The normalized spacial score (nSPS) is 15.4. The first kappa shape index (κ1) is 30.4. The molecule has 45 heavy (non-hydrogen) atoms. The number of likely N-dealkylation sites (tertiary alicyclic amines) is 1. The molecule has 2 fully saturated rings. The summed E-state index contributed by atoms with van der Waals surface area (Å²) in [5, 5.41) is -0.178. The summed E-state index contributed by atoms with van der Waals surface area (Å²) in [5.74, 6) is 0.798. The van der Waals surface area contributed by atoms with Crippen LogP contribution in [0.5, 0.6) is 17.4 Å². The van der Waals surface area contributed by atoms with Gasteiger partial charge >= 0.3 is 0 Å². The summed E-state index contributed by atoms with van der Waals surface area (Å²) in [6, 6.07) is 19.4. The Morgan fingerprint density at radius 2 is 1.49 bits per heavy atom. The minimum absolute atomic E-state index is 0.0546. The molecule has 2 aromatic carbocycles. The molecule has 11 heteroatoms. The summed E-state index contributed by atoms with van der Waals surface area (Å²) in [6.45, 7) is 1.02. The van der Waals surface area contributed by atoms with Gasteiger partial charge in [-0.05, 0) is 72.5 Å². The number of hydrogen-bond donors (Lipinski definition) is 0. The average molecular weight is 630 g/mol. The number of sulfone groups is 1. The van der Waals surface area contributed by atoms with Crippen LogP contribution in [0.15, 0.2) is 85.2 Å². The van der Waals surface area contributed by atoms with Crippen molar-refractivity contribution in [2.24, 2.45) is 0 Å². The molecule has 2 aliphatic rings. The fourth-order valence-electron chi connectivity index (χ4n) is 5.14. The summed E-state index contributed by atoms with van der Waals surface area (Å²) in [6.07, 6.45) is 5.86. The highest BCUT2D eigenvalue weighted by Crippen LogP contribution is 2.31. The van der Waals surface area contributed by atoms with Gasteiger partial charge in [0.15, 0.2) is 15.6 Å². The van der Waals surface area contributed by atoms with Crippen molar-refractivity contribution >= 4 is 21.5 Å². The molecule has 1 saturated heterocycles. The highest BCUT2D eigenvalue weighted by atomic mass is 32.2. The predicted octanol–water partition coefficient (Wildman–Crippen LogP) is 5.59. The number of rotatable bonds is 11. The highest BCUT2D eigenvalue weighted by molar-refractivity contribution is 7.91. The van der Waals surface area contributed by atoms with E-state index in [-0.39, 0.29) is 46.7 Å². The number of ketones is 1. The summed E-state index contributed by atoms with van der Waals surface area (Å²) >= 11 is 0. The molecular weight excluding hydrogens is 597 g/mol. The van der Waals surface area contributed by atoms with Gasteiger partial charge < -0.3 is 14.4 Å². The zero-order valence-corrected chi connectivity index (χ0v) is 25.3. The molecule has 0 unspecified atom stereocenters. The monoisotopic (exact) mass is 629 g/mol. The van der Waals surface area contributed by atoms with Gasteiger partial charge in [-0.25, -0.2) is 17.8 Å². The van der Waals surface area contributed by atoms with E-state index in [2.05, 4.69) is 9.97 Å². The summed E-state index contributed by atoms with van der Waals surface area (Å²) < 4.78 is 49.2. The number of piperidine rings is 1. The molecule has 0 spiro atoms. The van der Waals surface area contributed by atoms with Crippen LogP contribution in [0.1, 0.15) is 57.7 Å². The Labute approximate surface area is 261 Å². The average Bonchev–Trinajstić information content (AvgIpc) is 3.91. The minimum atomic E-state index is -3.06. The van der Waals surface area contributed by atoms with Gasteiger partial charge in [0, 0.05) is 56.4 Å². The Bertz CT molecular complexity index is 1750. The van der Waals surface area contributed by atoms with Gasteiger partial charge in [0.2, 0.25) is 5.88 Å². The lowest BCUT2D eigenvalue weighted by molar-refractivity contribution is 0.0589. The Hall–Kier alpha value is -4.64. The number of nitrogens with zero attached hydrogens (tertiary/aromatic N) is 3. The Morgan fingerprint density at radius 1 is 0.800 bits per heavy atom. The third-order valence-electron chi connectivity index (χ3n) is 7.86. The molecule has 0 atom stereocenters. The van der Waals surface area contributed by atoms with E-state index in [1.165, 1.54) is 30.5 Å². The molecule has 1 amide bonds. The predicted molar refractivity (Wildman–Crippen MR) is 165 cm³/mol. The molecule has 9 nitrogen and oxygen atoms in total. The van der Waals surface area contributed by atoms with Crippen LogP contribution in [0.2, 0.25) is 0 Å². The molecule has 3 heterocycles. The zero-order chi connectivity index (χ0) is 31.4. The maximum atomic E-state index is 13.1. The van der Waals surface area contributed by atoms with E-state index in [0.29, 0.717) is 54.4 Å². The van der Waals surface area contributed by atoms with Crippen molar-refractivity contribution in [3.63, 3.8) is 0 Å². The topological polar surface area (TPSA) is 116 Å². The molecule has 232 valence electrons. The first-order chi connectivity index (χ1) is 21.7. The smallest absolute Gasteiger partial charge is 0.272 e. The largest absolute Gasteiger partial charge is 0.490 e. The van der Waals surface area contributed by atoms with Crippen molar-refractivity contribution in [3.8, 4) is 17.4 Å². The second-order valence-corrected chi connectivity index (χ2v) is 13.6. The third-order valence-corrected chi connectivity index (χ3v) is 10.1. The van der Waals surface area contributed by atoms with E-state index >= 15 is 0 Å². The van der Waals surface area contributed by atoms with Crippen molar-refractivity contribution in [2.75, 3.05) is 13.1 Å². The van der Waals surface area contributed by atoms with E-state index in [0.717, 1.165) is 18.4 Å². The Kier molecular flexibility index (Phi) is 8.88. The number of aromatic nitrogens is 2.